The largest absolute Gasteiger partial charge is 0.474 e. The molecule has 1 aromatic heterocycles. The minimum Gasteiger partial charge on any atom is -0.474 e. The standard InChI is InChI=1S/C45H57N9O3.3H2/c1-28-22-36(49-43-29(2)21-34-12-14-53(27-39(34)50-43)40-26-47-44-42(31(40)4)46-13-20-57-44)8-5-33(28)25-41(55)52-18-16-51(17-19-52)38-23-35(24-38)32-6-9-37(10-7-32)54-15-11-30(3)48-45(54)56;;;/h5-10,21,26,28-29,35,38,43,46,49H,3,11-20,22-25,27H2,1-2,4H3,(H,48,56);3*1H. The smallest absolute Gasteiger partial charge is 0.326 e. The molecule has 2 aliphatic carbocycles. The van der Waals surface area contributed by atoms with Gasteiger partial charge in [-0.05, 0) is 73.8 Å². The van der Waals surface area contributed by atoms with Gasteiger partial charge < -0.3 is 30.5 Å². The molecule has 6 heterocycles. The van der Waals surface area contributed by atoms with Gasteiger partial charge in [-0.1, -0.05) is 50.3 Å². The molecule has 3 unspecified atom stereocenters. The Morgan fingerprint density at radius 1 is 1.05 bits per heavy atom. The zero-order valence-corrected chi connectivity index (χ0v) is 33.7. The number of aromatic nitrogens is 1. The molecule has 12 heteroatoms. The number of allylic oxidation sites excluding steroid dienone is 3. The average molecular weight is 778 g/mol. The van der Waals surface area contributed by atoms with Crippen LogP contribution in [-0.4, -0.2) is 104 Å². The first kappa shape index (κ1) is 37.5. The molecule has 12 nitrogen and oxygen atoms in total. The number of fused-ring (bicyclic) bond motifs is 2. The molecule has 4 fully saturated rings. The Morgan fingerprint density at radius 3 is 2.63 bits per heavy atom. The maximum atomic E-state index is 13.5. The van der Waals surface area contributed by atoms with Crippen molar-refractivity contribution in [2.24, 2.45) is 16.8 Å². The van der Waals surface area contributed by atoms with Crippen molar-refractivity contribution >= 4 is 34.7 Å². The van der Waals surface area contributed by atoms with Crippen molar-refractivity contribution in [3.8, 4) is 5.88 Å². The molecule has 57 heavy (non-hydrogen) atoms. The van der Waals surface area contributed by atoms with Crippen LogP contribution >= 0.6 is 0 Å². The number of piperidine rings is 1. The molecule has 9 rings (SSSR count). The van der Waals surface area contributed by atoms with Gasteiger partial charge in [-0.3, -0.25) is 19.6 Å². The number of carbonyl (C=O) groups is 2. The molecular weight excluding hydrogens is 715 g/mol. The number of nitrogens with zero attached hydrogens (tertiary/aromatic N) is 6. The van der Waals surface area contributed by atoms with E-state index >= 15 is 0 Å². The average Bonchev–Trinajstić information content (AvgIpc) is 3.19. The number of anilines is 3. The summed E-state index contributed by atoms with van der Waals surface area (Å²) in [5, 5.41) is 10.1. The molecule has 1 saturated carbocycles. The van der Waals surface area contributed by atoms with E-state index in [0.717, 1.165) is 106 Å². The minimum absolute atomic E-state index is 0. The van der Waals surface area contributed by atoms with Crippen LogP contribution in [0, 0.1) is 18.8 Å². The Hall–Kier alpha value is -5.10. The molecule has 0 radical (unpaired) electrons. The number of hydrogen-bond donors (Lipinski definition) is 3. The highest BCUT2D eigenvalue weighted by atomic mass is 16.5. The fourth-order valence-corrected chi connectivity index (χ4v) is 9.67. The number of nitrogens with one attached hydrogen (secondary N) is 3. The third-order valence-corrected chi connectivity index (χ3v) is 13.4. The summed E-state index contributed by atoms with van der Waals surface area (Å²) < 4.78 is 5.77. The molecule has 0 spiro atoms. The summed E-state index contributed by atoms with van der Waals surface area (Å²) >= 11 is 0. The van der Waals surface area contributed by atoms with Gasteiger partial charge in [0, 0.05) is 97.5 Å². The normalized spacial score (nSPS) is 27.6. The fourth-order valence-electron chi connectivity index (χ4n) is 9.67. The van der Waals surface area contributed by atoms with Crippen LogP contribution in [0.15, 0.2) is 82.8 Å². The second-order valence-corrected chi connectivity index (χ2v) is 17.1. The van der Waals surface area contributed by atoms with E-state index in [1.165, 1.54) is 28.0 Å². The van der Waals surface area contributed by atoms with Crippen LogP contribution in [0.1, 0.15) is 73.7 Å². The second kappa shape index (κ2) is 15.7. The van der Waals surface area contributed by atoms with Crippen LogP contribution in [0.25, 0.3) is 0 Å². The highest BCUT2D eigenvalue weighted by Gasteiger charge is 2.37. The number of benzene rings is 1. The summed E-state index contributed by atoms with van der Waals surface area (Å²) in [6.07, 6.45) is 14.1. The van der Waals surface area contributed by atoms with E-state index in [2.05, 4.69) is 105 Å². The van der Waals surface area contributed by atoms with Crippen LogP contribution in [0.3, 0.4) is 0 Å². The monoisotopic (exact) mass is 778 g/mol. The van der Waals surface area contributed by atoms with Crippen molar-refractivity contribution in [2.45, 2.75) is 77.4 Å². The van der Waals surface area contributed by atoms with E-state index in [0.29, 0.717) is 49.2 Å². The number of piperazine rings is 1. The van der Waals surface area contributed by atoms with Crippen molar-refractivity contribution < 1.29 is 18.6 Å². The Labute approximate surface area is 341 Å². The topological polar surface area (TPSA) is 118 Å². The number of aliphatic imine (C=N–C) groups is 1. The van der Waals surface area contributed by atoms with Gasteiger partial charge in [0.2, 0.25) is 11.8 Å². The SMILES string of the molecule is C=C1CCN(c2ccc(C3CC(N4CCN(C(=O)CC5=CC=C(NC6N=C7CN(c8cnc9c(c8C)NCCO9)CCC7=CC6C)CC5C)CC4)C3)cc2)C(=O)N1.[HH].[HH].[HH]. The zero-order chi connectivity index (χ0) is 39.2. The summed E-state index contributed by atoms with van der Waals surface area (Å²) in [5.74, 6) is 2.07. The van der Waals surface area contributed by atoms with Crippen LogP contribution in [0.4, 0.5) is 21.9 Å². The summed E-state index contributed by atoms with van der Waals surface area (Å²) in [6, 6.07) is 8.99. The molecule has 306 valence electrons. The van der Waals surface area contributed by atoms with Gasteiger partial charge in [-0.15, -0.1) is 0 Å². The lowest BCUT2D eigenvalue weighted by Crippen LogP contribution is -2.54. The predicted octanol–water partition coefficient (Wildman–Crippen LogP) is 6.84. The summed E-state index contributed by atoms with van der Waals surface area (Å²) in [7, 11) is 0. The lowest BCUT2D eigenvalue weighted by Gasteiger charge is -2.46. The molecule has 3 amide bonds. The van der Waals surface area contributed by atoms with Gasteiger partial charge >= 0.3 is 6.03 Å². The summed E-state index contributed by atoms with van der Waals surface area (Å²) in [6.45, 7) is 17.8. The predicted molar refractivity (Wildman–Crippen MR) is 232 cm³/mol. The molecule has 3 saturated heterocycles. The summed E-state index contributed by atoms with van der Waals surface area (Å²) in [5.41, 5.74) is 11.3. The van der Waals surface area contributed by atoms with Gasteiger partial charge in [0.05, 0.1) is 24.1 Å². The molecule has 1 aromatic carbocycles. The molecule has 3 atom stereocenters. The zero-order valence-electron chi connectivity index (χ0n) is 33.7. The van der Waals surface area contributed by atoms with E-state index in [-0.39, 0.29) is 22.4 Å². The van der Waals surface area contributed by atoms with E-state index in [9.17, 15) is 9.59 Å². The number of hydrogen-bond acceptors (Lipinski definition) is 9. The van der Waals surface area contributed by atoms with Gasteiger partial charge in [-0.2, -0.15) is 0 Å². The van der Waals surface area contributed by atoms with Gasteiger partial charge in [-0.25, -0.2) is 9.78 Å². The number of carbonyl (C=O) groups excluding carboxylic acids is 2. The van der Waals surface area contributed by atoms with Crippen LogP contribution in [0.5, 0.6) is 5.88 Å². The van der Waals surface area contributed by atoms with Crippen molar-refractivity contribution in [1.82, 2.24) is 25.4 Å². The first-order valence-electron chi connectivity index (χ1n) is 21.1. The van der Waals surface area contributed by atoms with Crippen LogP contribution in [-0.2, 0) is 4.79 Å². The number of rotatable bonds is 8. The Bertz CT molecular complexity index is 2060. The first-order chi connectivity index (χ1) is 27.7. The number of urea groups is 1. The lowest BCUT2D eigenvalue weighted by molar-refractivity contribution is -0.133. The minimum atomic E-state index is -0.0993. The highest BCUT2D eigenvalue weighted by Crippen LogP contribution is 2.41. The number of dihydropyridines is 1. The van der Waals surface area contributed by atoms with Crippen molar-refractivity contribution in [2.75, 3.05) is 74.1 Å². The van der Waals surface area contributed by atoms with Crippen molar-refractivity contribution in [3.05, 3.63) is 88.9 Å². The summed E-state index contributed by atoms with van der Waals surface area (Å²) in [4.78, 5) is 44.7. The lowest BCUT2D eigenvalue weighted by atomic mass is 9.75. The quantitative estimate of drug-likeness (QED) is 0.267. The van der Waals surface area contributed by atoms with Crippen LogP contribution < -0.4 is 30.5 Å². The highest BCUT2D eigenvalue weighted by molar-refractivity contribution is 6.05. The Balaban J connectivity index is 0.00000201. The Morgan fingerprint density at radius 2 is 1.86 bits per heavy atom. The van der Waals surface area contributed by atoms with E-state index in [1.807, 2.05) is 6.20 Å². The molecule has 3 N–H and O–H groups in total. The van der Waals surface area contributed by atoms with Gasteiger partial charge in [0.25, 0.3) is 0 Å². The number of ether oxygens (including phenoxy) is 1. The molecule has 2 aromatic rings. The number of pyridine rings is 1. The molecule has 7 aliphatic rings. The number of amides is 3. The molecular formula is C45H63N9O3. The maximum absolute atomic E-state index is 13.5. The molecule has 5 aliphatic heterocycles. The third kappa shape index (κ3) is 7.68. The van der Waals surface area contributed by atoms with Gasteiger partial charge in [0.1, 0.15) is 18.5 Å². The van der Waals surface area contributed by atoms with E-state index in [1.54, 1.807) is 4.90 Å². The second-order valence-electron chi connectivity index (χ2n) is 17.1. The third-order valence-electron chi connectivity index (χ3n) is 13.4. The van der Waals surface area contributed by atoms with Crippen molar-refractivity contribution in [3.63, 3.8) is 0 Å². The van der Waals surface area contributed by atoms with Gasteiger partial charge in [0.15, 0.2) is 0 Å². The molecule has 0 bridgehead atoms. The van der Waals surface area contributed by atoms with E-state index < -0.39 is 0 Å². The Kier molecular flexibility index (Phi) is 10.3. The fraction of sp³-hybridized carbons (Fsp3) is 0.511. The first-order valence-corrected chi connectivity index (χ1v) is 21.1. The van der Waals surface area contributed by atoms with E-state index in [4.69, 9.17) is 9.73 Å². The van der Waals surface area contributed by atoms with Crippen molar-refractivity contribution in [1.29, 1.82) is 0 Å². The van der Waals surface area contributed by atoms with Crippen LogP contribution in [0.2, 0.25) is 0 Å². The maximum Gasteiger partial charge on any atom is 0.326 e.